The average molecular weight is 386 g/mol. The summed E-state index contributed by atoms with van der Waals surface area (Å²) in [5.41, 5.74) is 3.63. The van der Waals surface area contributed by atoms with E-state index in [9.17, 15) is 4.79 Å². The van der Waals surface area contributed by atoms with Crippen molar-refractivity contribution in [3.63, 3.8) is 0 Å². The molecule has 27 heavy (non-hydrogen) atoms. The predicted octanol–water partition coefficient (Wildman–Crippen LogP) is 3.64. The Morgan fingerprint density at radius 1 is 1.19 bits per heavy atom. The molecule has 1 aromatic carbocycles. The van der Waals surface area contributed by atoms with Gasteiger partial charge in [0, 0.05) is 20.1 Å². The normalized spacial score (nSPS) is 11.5. The molecule has 3 rings (SSSR count). The van der Waals surface area contributed by atoms with Gasteiger partial charge in [0.1, 0.15) is 5.69 Å². The molecule has 0 aliphatic rings. The number of aromatic nitrogens is 3. The van der Waals surface area contributed by atoms with Crippen molar-refractivity contribution in [2.24, 2.45) is 7.05 Å². The van der Waals surface area contributed by atoms with Crippen LogP contribution in [0, 0.1) is 13.8 Å². The molecule has 7 heteroatoms. The number of carbonyl (C=O) groups is 1. The molecular weight excluding hydrogens is 358 g/mol. The van der Waals surface area contributed by atoms with Gasteiger partial charge in [0.15, 0.2) is 5.13 Å². The second kappa shape index (κ2) is 8.19. The highest BCUT2D eigenvalue weighted by Crippen LogP contribution is 2.30. The molecule has 0 spiro atoms. The molecule has 0 aliphatic carbocycles. The Morgan fingerprint density at radius 2 is 1.93 bits per heavy atom. The largest absolute Gasteiger partial charge is 0.302 e. The fourth-order valence-electron chi connectivity index (χ4n) is 3.18. The Balaban J connectivity index is 1.99. The summed E-state index contributed by atoms with van der Waals surface area (Å²) in [6, 6.07) is 6.20. The molecule has 0 N–H and O–H groups in total. The Morgan fingerprint density at radius 3 is 2.56 bits per heavy atom. The van der Waals surface area contributed by atoms with E-state index in [1.54, 1.807) is 22.2 Å². The molecule has 0 radical (unpaired) electrons. The minimum Gasteiger partial charge on any atom is -0.302 e. The summed E-state index contributed by atoms with van der Waals surface area (Å²) in [6.45, 7) is 11.6. The Hall–Kier alpha value is -2.25. The van der Waals surface area contributed by atoms with Crippen molar-refractivity contribution in [1.82, 2.24) is 19.7 Å². The number of nitrogens with zero attached hydrogens (tertiary/aromatic N) is 5. The highest BCUT2D eigenvalue weighted by atomic mass is 32.1. The van der Waals surface area contributed by atoms with E-state index in [1.165, 1.54) is 5.56 Å². The SMILES string of the molecule is CCN(CC)CCN(C(=O)c1c(C)cnn1C)c1nc2ccc(C)cc2s1. The Labute approximate surface area is 164 Å². The summed E-state index contributed by atoms with van der Waals surface area (Å²) in [4.78, 5) is 22.3. The minimum atomic E-state index is -0.0459. The molecule has 0 saturated heterocycles. The van der Waals surface area contributed by atoms with Crippen molar-refractivity contribution in [1.29, 1.82) is 0 Å². The average Bonchev–Trinajstić information content (AvgIpc) is 3.20. The number of amides is 1. The van der Waals surface area contributed by atoms with E-state index in [2.05, 4.69) is 42.9 Å². The maximum Gasteiger partial charge on any atom is 0.278 e. The highest BCUT2D eigenvalue weighted by Gasteiger charge is 2.25. The van der Waals surface area contributed by atoms with Crippen LogP contribution in [0.3, 0.4) is 0 Å². The summed E-state index contributed by atoms with van der Waals surface area (Å²) < 4.78 is 2.76. The van der Waals surface area contributed by atoms with Crippen molar-refractivity contribution in [3.8, 4) is 0 Å². The van der Waals surface area contributed by atoms with Gasteiger partial charge in [-0.25, -0.2) is 4.98 Å². The quantitative estimate of drug-likeness (QED) is 0.623. The van der Waals surface area contributed by atoms with Gasteiger partial charge in [0.2, 0.25) is 0 Å². The van der Waals surface area contributed by atoms with Crippen molar-refractivity contribution >= 4 is 32.6 Å². The van der Waals surface area contributed by atoms with E-state index in [0.717, 1.165) is 40.5 Å². The topological polar surface area (TPSA) is 54.3 Å². The summed E-state index contributed by atoms with van der Waals surface area (Å²) in [5, 5.41) is 4.98. The Kier molecular flexibility index (Phi) is 5.92. The molecule has 0 aliphatic heterocycles. The molecule has 6 nitrogen and oxygen atoms in total. The van der Waals surface area contributed by atoms with Crippen molar-refractivity contribution in [2.45, 2.75) is 27.7 Å². The van der Waals surface area contributed by atoms with Crippen LogP contribution in [0.1, 0.15) is 35.5 Å². The number of fused-ring (bicyclic) bond motifs is 1. The first-order valence-electron chi connectivity index (χ1n) is 9.34. The van der Waals surface area contributed by atoms with Gasteiger partial charge in [0.25, 0.3) is 5.91 Å². The van der Waals surface area contributed by atoms with E-state index < -0.39 is 0 Å². The third kappa shape index (κ3) is 4.04. The molecule has 2 aromatic heterocycles. The minimum absolute atomic E-state index is 0.0459. The summed E-state index contributed by atoms with van der Waals surface area (Å²) in [6.07, 6.45) is 1.73. The second-order valence-corrected chi connectivity index (χ2v) is 7.76. The van der Waals surface area contributed by atoms with Crippen LogP contribution in [0.5, 0.6) is 0 Å². The lowest BCUT2D eigenvalue weighted by molar-refractivity contribution is 0.0974. The summed E-state index contributed by atoms with van der Waals surface area (Å²) >= 11 is 1.57. The van der Waals surface area contributed by atoms with Crippen LogP contribution in [-0.2, 0) is 7.05 Å². The number of carbonyl (C=O) groups excluding carboxylic acids is 1. The van der Waals surface area contributed by atoms with Crippen LogP contribution < -0.4 is 4.90 Å². The maximum atomic E-state index is 13.4. The van der Waals surface area contributed by atoms with Crippen LogP contribution in [-0.4, -0.2) is 51.8 Å². The number of likely N-dealkylation sites (N-methyl/N-ethyl adjacent to an activating group) is 1. The molecule has 1 amide bonds. The molecule has 0 atom stereocenters. The molecule has 0 fully saturated rings. The monoisotopic (exact) mass is 385 g/mol. The van der Waals surface area contributed by atoms with Gasteiger partial charge in [-0.1, -0.05) is 31.3 Å². The standard InChI is InChI=1S/C20H27N5OS/c1-6-24(7-2)10-11-25(19(26)18-15(4)13-21-23(18)5)20-22-16-9-8-14(3)12-17(16)27-20/h8-9,12-13H,6-7,10-11H2,1-5H3. The van der Waals surface area contributed by atoms with Gasteiger partial charge >= 0.3 is 0 Å². The third-order valence-electron chi connectivity index (χ3n) is 4.87. The molecule has 3 aromatic rings. The first-order chi connectivity index (χ1) is 12.9. The molecule has 0 saturated carbocycles. The van der Waals surface area contributed by atoms with E-state index in [-0.39, 0.29) is 5.91 Å². The number of aryl methyl sites for hydroxylation is 3. The zero-order valence-corrected chi connectivity index (χ0v) is 17.5. The van der Waals surface area contributed by atoms with E-state index in [1.807, 2.05) is 24.9 Å². The van der Waals surface area contributed by atoms with Gasteiger partial charge in [0.05, 0.1) is 16.4 Å². The van der Waals surface area contributed by atoms with E-state index in [4.69, 9.17) is 4.98 Å². The second-order valence-electron chi connectivity index (χ2n) is 6.75. The molecule has 144 valence electrons. The lowest BCUT2D eigenvalue weighted by atomic mass is 10.2. The number of thiazole rings is 1. The zero-order valence-electron chi connectivity index (χ0n) is 16.7. The van der Waals surface area contributed by atoms with Crippen LogP contribution in [0.25, 0.3) is 10.2 Å². The number of rotatable bonds is 7. The number of hydrogen-bond donors (Lipinski definition) is 0. The predicted molar refractivity (Wildman–Crippen MR) is 112 cm³/mol. The van der Waals surface area contributed by atoms with E-state index in [0.29, 0.717) is 12.2 Å². The fraction of sp³-hybridized carbons (Fsp3) is 0.450. The molecular formula is C20H27N5OS. The first-order valence-corrected chi connectivity index (χ1v) is 10.2. The highest BCUT2D eigenvalue weighted by molar-refractivity contribution is 7.22. The zero-order chi connectivity index (χ0) is 19.6. The van der Waals surface area contributed by atoms with Crippen molar-refractivity contribution < 1.29 is 4.79 Å². The summed E-state index contributed by atoms with van der Waals surface area (Å²) in [5.74, 6) is -0.0459. The van der Waals surface area contributed by atoms with Crippen LogP contribution in [0.15, 0.2) is 24.4 Å². The number of anilines is 1. The number of hydrogen-bond acceptors (Lipinski definition) is 5. The van der Waals surface area contributed by atoms with Gasteiger partial charge < -0.3 is 4.90 Å². The summed E-state index contributed by atoms with van der Waals surface area (Å²) in [7, 11) is 1.81. The molecule has 2 heterocycles. The van der Waals surface area contributed by atoms with Gasteiger partial charge in [-0.2, -0.15) is 5.10 Å². The third-order valence-corrected chi connectivity index (χ3v) is 5.91. The molecule has 0 bridgehead atoms. The van der Waals surface area contributed by atoms with Gasteiger partial charge in [-0.05, 0) is 50.2 Å². The smallest absolute Gasteiger partial charge is 0.278 e. The van der Waals surface area contributed by atoms with Crippen molar-refractivity contribution in [2.75, 3.05) is 31.1 Å². The van der Waals surface area contributed by atoms with Gasteiger partial charge in [-0.3, -0.25) is 14.4 Å². The van der Waals surface area contributed by atoms with Crippen LogP contribution in [0.2, 0.25) is 0 Å². The first kappa shape index (κ1) is 19.5. The Bertz CT molecular complexity index is 922. The van der Waals surface area contributed by atoms with Crippen molar-refractivity contribution in [3.05, 3.63) is 41.2 Å². The van der Waals surface area contributed by atoms with Crippen LogP contribution in [0.4, 0.5) is 5.13 Å². The lowest BCUT2D eigenvalue weighted by Gasteiger charge is -2.25. The lowest BCUT2D eigenvalue weighted by Crippen LogP contribution is -2.39. The van der Waals surface area contributed by atoms with Crippen LogP contribution >= 0.6 is 11.3 Å². The maximum absolute atomic E-state index is 13.4. The molecule has 0 unspecified atom stereocenters. The van der Waals surface area contributed by atoms with E-state index >= 15 is 0 Å². The number of benzene rings is 1. The van der Waals surface area contributed by atoms with Gasteiger partial charge in [-0.15, -0.1) is 0 Å². The fourth-order valence-corrected chi connectivity index (χ4v) is 4.27.